The molecule has 6 heteroatoms. The van der Waals surface area contributed by atoms with Crippen LogP contribution in [0.2, 0.25) is 0 Å². The Morgan fingerprint density at radius 2 is 1.88 bits per heavy atom. The maximum atomic E-state index is 12.6. The molecule has 6 nitrogen and oxygen atoms in total. The Labute approximate surface area is 147 Å². The number of nitrogens with one attached hydrogen (secondary N) is 1. The molecule has 1 unspecified atom stereocenters. The molecule has 1 saturated heterocycles. The van der Waals surface area contributed by atoms with Gasteiger partial charge in [-0.3, -0.25) is 9.89 Å². The fourth-order valence-corrected chi connectivity index (χ4v) is 3.38. The number of amides is 1. The lowest BCUT2D eigenvalue weighted by molar-refractivity contribution is -0.139. The molecule has 25 heavy (non-hydrogen) atoms. The molecule has 1 aromatic heterocycles. The predicted octanol–water partition coefficient (Wildman–Crippen LogP) is 2.86. The van der Waals surface area contributed by atoms with Crippen LogP contribution in [0.4, 0.5) is 0 Å². The van der Waals surface area contributed by atoms with Crippen LogP contribution >= 0.6 is 0 Å². The van der Waals surface area contributed by atoms with Gasteiger partial charge in [0.25, 0.3) is 5.91 Å². The molecule has 1 N–H and O–H groups in total. The number of ether oxygens (including phenoxy) is 1. The van der Waals surface area contributed by atoms with Crippen LogP contribution in [0, 0.1) is 0 Å². The first-order valence-electron chi connectivity index (χ1n) is 9.13. The molecule has 2 fully saturated rings. The van der Waals surface area contributed by atoms with Gasteiger partial charge in [0.05, 0.1) is 0 Å². The van der Waals surface area contributed by atoms with E-state index in [-0.39, 0.29) is 5.91 Å². The van der Waals surface area contributed by atoms with Crippen LogP contribution in [0.3, 0.4) is 0 Å². The van der Waals surface area contributed by atoms with E-state index in [1.165, 1.54) is 12.8 Å². The van der Waals surface area contributed by atoms with Gasteiger partial charge in [0.1, 0.15) is 11.6 Å². The van der Waals surface area contributed by atoms with E-state index in [0.29, 0.717) is 11.8 Å². The number of para-hydroxylation sites is 1. The van der Waals surface area contributed by atoms with Crippen molar-refractivity contribution in [3.05, 3.63) is 42.0 Å². The lowest BCUT2D eigenvalue weighted by atomic mass is 9.96. The zero-order chi connectivity index (χ0) is 17.2. The Morgan fingerprint density at radius 1 is 1.16 bits per heavy atom. The Hall–Kier alpha value is -2.37. The number of rotatable bonds is 5. The number of nitrogens with zero attached hydrogens (tertiary/aromatic N) is 3. The minimum Gasteiger partial charge on any atom is -0.481 e. The van der Waals surface area contributed by atoms with Crippen LogP contribution < -0.4 is 4.74 Å². The van der Waals surface area contributed by atoms with E-state index < -0.39 is 6.10 Å². The third-order valence-electron chi connectivity index (χ3n) is 5.06. The van der Waals surface area contributed by atoms with Crippen molar-refractivity contribution < 1.29 is 9.53 Å². The topological polar surface area (TPSA) is 71.1 Å². The number of H-pyrrole nitrogens is 1. The van der Waals surface area contributed by atoms with E-state index in [1.807, 2.05) is 42.2 Å². The lowest BCUT2D eigenvalue weighted by Gasteiger charge is -2.32. The van der Waals surface area contributed by atoms with Crippen molar-refractivity contribution >= 4 is 5.91 Å². The molecule has 1 aliphatic carbocycles. The second kappa shape index (κ2) is 6.86. The maximum Gasteiger partial charge on any atom is 0.263 e. The Balaban J connectivity index is 1.30. The minimum absolute atomic E-state index is 0.0542. The van der Waals surface area contributed by atoms with Crippen LogP contribution in [0.25, 0.3) is 0 Å². The number of piperidine rings is 1. The molecule has 132 valence electrons. The van der Waals surface area contributed by atoms with Crippen molar-refractivity contribution in [3.63, 3.8) is 0 Å². The molecule has 2 aliphatic rings. The van der Waals surface area contributed by atoms with E-state index in [4.69, 9.17) is 4.74 Å². The number of likely N-dealkylation sites (tertiary alicyclic amines) is 1. The Bertz CT molecular complexity index is 718. The number of aromatic amines is 1. The Morgan fingerprint density at radius 3 is 2.56 bits per heavy atom. The van der Waals surface area contributed by atoms with Crippen LogP contribution in [-0.4, -0.2) is 45.2 Å². The summed E-state index contributed by atoms with van der Waals surface area (Å²) in [6.07, 6.45) is 3.80. The van der Waals surface area contributed by atoms with Gasteiger partial charge in [-0.2, -0.15) is 5.10 Å². The second-order valence-corrected chi connectivity index (χ2v) is 7.03. The summed E-state index contributed by atoms with van der Waals surface area (Å²) < 4.78 is 5.76. The number of hydrogen-bond acceptors (Lipinski definition) is 4. The van der Waals surface area contributed by atoms with E-state index >= 15 is 0 Å². The summed E-state index contributed by atoms with van der Waals surface area (Å²) in [6, 6.07) is 9.49. The first-order chi connectivity index (χ1) is 12.2. The molecule has 0 bridgehead atoms. The molecule has 1 aliphatic heterocycles. The van der Waals surface area contributed by atoms with Gasteiger partial charge >= 0.3 is 0 Å². The number of carbonyl (C=O) groups excluding carboxylic acids is 1. The van der Waals surface area contributed by atoms with Gasteiger partial charge in [0, 0.05) is 24.9 Å². The van der Waals surface area contributed by atoms with Gasteiger partial charge in [-0.25, -0.2) is 4.98 Å². The number of carbonyl (C=O) groups is 1. The van der Waals surface area contributed by atoms with E-state index in [2.05, 4.69) is 15.2 Å². The molecular formula is C19H24N4O2. The van der Waals surface area contributed by atoms with Crippen LogP contribution in [-0.2, 0) is 4.79 Å². The summed E-state index contributed by atoms with van der Waals surface area (Å²) in [4.78, 5) is 19.2. The summed E-state index contributed by atoms with van der Waals surface area (Å²) in [5.41, 5.74) is 0. The molecule has 0 spiro atoms. The van der Waals surface area contributed by atoms with Crippen molar-refractivity contribution in [2.75, 3.05) is 13.1 Å². The highest BCUT2D eigenvalue weighted by molar-refractivity contribution is 5.81. The van der Waals surface area contributed by atoms with E-state index in [9.17, 15) is 4.79 Å². The summed E-state index contributed by atoms with van der Waals surface area (Å²) in [5.74, 6) is 3.68. The molecular weight excluding hydrogens is 316 g/mol. The normalized spacial score (nSPS) is 19.6. The summed E-state index contributed by atoms with van der Waals surface area (Å²) >= 11 is 0. The third kappa shape index (κ3) is 3.67. The van der Waals surface area contributed by atoms with Gasteiger partial charge < -0.3 is 9.64 Å². The minimum atomic E-state index is -0.467. The molecule has 2 aromatic rings. The van der Waals surface area contributed by atoms with Crippen LogP contribution in [0.1, 0.15) is 56.1 Å². The molecule has 1 amide bonds. The SMILES string of the molecule is CC(Oc1ccccc1)C(=O)N1CCC(c2nc(C3CC3)n[nH]2)CC1. The quantitative estimate of drug-likeness (QED) is 0.908. The number of hydrogen-bond donors (Lipinski definition) is 1. The van der Waals surface area contributed by atoms with Gasteiger partial charge in [-0.15, -0.1) is 0 Å². The molecule has 1 atom stereocenters. The fraction of sp³-hybridized carbons (Fsp3) is 0.526. The lowest BCUT2D eigenvalue weighted by Crippen LogP contribution is -2.44. The van der Waals surface area contributed by atoms with E-state index in [0.717, 1.165) is 43.3 Å². The first kappa shape index (κ1) is 16.1. The zero-order valence-corrected chi connectivity index (χ0v) is 14.5. The average Bonchev–Trinajstić information content (AvgIpc) is 3.39. The highest BCUT2D eigenvalue weighted by Gasteiger charge is 2.31. The predicted molar refractivity (Wildman–Crippen MR) is 93.4 cm³/mol. The standard InChI is InChI=1S/C19H24N4O2/c1-13(25-16-5-3-2-4-6-16)19(24)23-11-9-15(10-12-23)18-20-17(21-22-18)14-7-8-14/h2-6,13-15H,7-12H2,1H3,(H,20,21,22). The number of aromatic nitrogens is 3. The van der Waals surface area contributed by atoms with Crippen molar-refractivity contribution in [1.29, 1.82) is 0 Å². The summed E-state index contributed by atoms with van der Waals surface area (Å²) in [7, 11) is 0. The van der Waals surface area contributed by atoms with Crippen molar-refractivity contribution in [3.8, 4) is 5.75 Å². The van der Waals surface area contributed by atoms with Gasteiger partial charge in [-0.05, 0) is 44.7 Å². The summed E-state index contributed by atoms with van der Waals surface area (Å²) in [5, 5.41) is 7.45. The van der Waals surface area contributed by atoms with Crippen molar-refractivity contribution in [2.45, 2.75) is 50.5 Å². The van der Waals surface area contributed by atoms with Crippen LogP contribution in [0.15, 0.2) is 30.3 Å². The first-order valence-corrected chi connectivity index (χ1v) is 9.13. The second-order valence-electron chi connectivity index (χ2n) is 7.03. The zero-order valence-electron chi connectivity index (χ0n) is 14.5. The Kier molecular flexibility index (Phi) is 4.42. The highest BCUT2D eigenvalue weighted by atomic mass is 16.5. The van der Waals surface area contributed by atoms with E-state index in [1.54, 1.807) is 0 Å². The average molecular weight is 340 g/mol. The molecule has 1 aromatic carbocycles. The highest BCUT2D eigenvalue weighted by Crippen LogP contribution is 2.38. The van der Waals surface area contributed by atoms with Crippen molar-refractivity contribution in [1.82, 2.24) is 20.1 Å². The molecule has 4 rings (SSSR count). The van der Waals surface area contributed by atoms with Crippen LogP contribution in [0.5, 0.6) is 5.75 Å². The third-order valence-corrected chi connectivity index (χ3v) is 5.06. The van der Waals surface area contributed by atoms with Gasteiger partial charge in [0.2, 0.25) is 0 Å². The maximum absolute atomic E-state index is 12.6. The monoisotopic (exact) mass is 340 g/mol. The van der Waals surface area contributed by atoms with Gasteiger partial charge in [0.15, 0.2) is 11.9 Å². The summed E-state index contributed by atoms with van der Waals surface area (Å²) in [6.45, 7) is 3.30. The number of benzene rings is 1. The molecule has 1 saturated carbocycles. The molecule has 2 heterocycles. The molecule has 0 radical (unpaired) electrons. The fourth-order valence-electron chi connectivity index (χ4n) is 3.38. The largest absolute Gasteiger partial charge is 0.481 e. The van der Waals surface area contributed by atoms with Crippen molar-refractivity contribution in [2.24, 2.45) is 0 Å². The van der Waals surface area contributed by atoms with Gasteiger partial charge in [-0.1, -0.05) is 18.2 Å². The smallest absolute Gasteiger partial charge is 0.263 e.